The summed E-state index contributed by atoms with van der Waals surface area (Å²) in [5.41, 5.74) is -0.0332. The summed E-state index contributed by atoms with van der Waals surface area (Å²) in [7, 11) is 0. The molecule has 3 fully saturated rings. The largest absolute Gasteiger partial charge is 0.354 e. The number of likely N-dealkylation sites (tertiary alicyclic amines) is 1. The third-order valence-electron chi connectivity index (χ3n) is 9.72. The Kier molecular flexibility index (Phi) is 10.2. The van der Waals surface area contributed by atoms with Gasteiger partial charge in [0.2, 0.25) is 11.8 Å². The molecule has 44 heavy (non-hydrogen) atoms. The summed E-state index contributed by atoms with van der Waals surface area (Å²) >= 11 is 3.50. The topological polar surface area (TPSA) is 90.5 Å². The SMILES string of the molecule is O=C(NC1(C(=O)N[C@H](Cc2ccccc2)C(=O)NCC2CCN(C3CCSCC3)CC2)CCCC1)c1cc2ccccc2s1. The summed E-state index contributed by atoms with van der Waals surface area (Å²) in [6, 6.07) is 19.6. The van der Waals surface area contributed by atoms with E-state index in [1.54, 1.807) is 0 Å². The molecular formula is C35H44N4O3S2. The van der Waals surface area contributed by atoms with Gasteiger partial charge in [-0.2, -0.15) is 11.8 Å². The number of nitrogens with one attached hydrogen (secondary N) is 3. The lowest BCUT2D eigenvalue weighted by Gasteiger charge is -2.39. The maximum atomic E-state index is 14.0. The summed E-state index contributed by atoms with van der Waals surface area (Å²) in [6.45, 7) is 2.83. The molecule has 6 rings (SSSR count). The van der Waals surface area contributed by atoms with Crippen molar-refractivity contribution in [2.75, 3.05) is 31.1 Å². The molecule has 7 nitrogen and oxygen atoms in total. The lowest BCUT2D eigenvalue weighted by Crippen LogP contribution is -2.61. The zero-order valence-electron chi connectivity index (χ0n) is 25.4. The van der Waals surface area contributed by atoms with Crippen LogP contribution in [-0.2, 0) is 16.0 Å². The Bertz CT molecular complexity index is 1390. The van der Waals surface area contributed by atoms with Crippen LogP contribution in [0.1, 0.15) is 66.6 Å². The summed E-state index contributed by atoms with van der Waals surface area (Å²) in [5.74, 6) is 2.34. The number of thioether (sulfide) groups is 1. The van der Waals surface area contributed by atoms with E-state index in [9.17, 15) is 14.4 Å². The van der Waals surface area contributed by atoms with Crippen molar-refractivity contribution in [2.45, 2.75) is 75.4 Å². The Morgan fingerprint density at radius 3 is 2.34 bits per heavy atom. The number of thiophene rings is 1. The Labute approximate surface area is 268 Å². The number of amides is 3. The number of nitrogens with zero attached hydrogens (tertiary/aromatic N) is 1. The van der Waals surface area contributed by atoms with Crippen molar-refractivity contribution >= 4 is 50.9 Å². The van der Waals surface area contributed by atoms with Crippen molar-refractivity contribution in [3.05, 3.63) is 71.1 Å². The van der Waals surface area contributed by atoms with Crippen molar-refractivity contribution < 1.29 is 14.4 Å². The maximum absolute atomic E-state index is 14.0. The molecule has 0 spiro atoms. The monoisotopic (exact) mass is 632 g/mol. The second-order valence-electron chi connectivity index (χ2n) is 12.7. The van der Waals surface area contributed by atoms with E-state index < -0.39 is 11.6 Å². The second kappa shape index (κ2) is 14.5. The Hall–Kier alpha value is -2.88. The van der Waals surface area contributed by atoms with E-state index in [1.807, 2.05) is 60.7 Å². The van der Waals surface area contributed by atoms with Gasteiger partial charge in [0.25, 0.3) is 5.91 Å². The first-order valence-corrected chi connectivity index (χ1v) is 18.2. The number of hydrogen-bond acceptors (Lipinski definition) is 6. The van der Waals surface area contributed by atoms with Crippen LogP contribution in [0.4, 0.5) is 0 Å². The zero-order valence-corrected chi connectivity index (χ0v) is 27.0. The van der Waals surface area contributed by atoms with Crippen LogP contribution in [-0.4, -0.2) is 71.4 Å². The summed E-state index contributed by atoms with van der Waals surface area (Å²) in [6.07, 6.45) is 8.00. The number of carbonyl (C=O) groups is 3. The van der Waals surface area contributed by atoms with Crippen LogP contribution in [0.2, 0.25) is 0 Å². The standard InChI is InChI=1S/C35H44N4O3S2/c40-32(36-24-26-12-18-39(19-13-26)28-14-20-43-21-15-28)29(22-25-8-2-1-3-9-25)37-34(42)35(16-6-7-17-35)38-33(41)31-23-27-10-4-5-11-30(27)44-31/h1-5,8-11,23,26,28-29H,6-7,12-22,24H2,(H,36,40)(H,37,42)(H,38,41)/t29-/m1/s1. The zero-order chi connectivity index (χ0) is 30.4. The summed E-state index contributed by atoms with van der Waals surface area (Å²) in [4.78, 5) is 44.3. The normalized spacial score (nSPS) is 20.3. The highest BCUT2D eigenvalue weighted by molar-refractivity contribution is 7.99. The molecule has 0 unspecified atom stereocenters. The minimum absolute atomic E-state index is 0.155. The minimum atomic E-state index is -1.02. The van der Waals surface area contributed by atoms with Gasteiger partial charge in [0.1, 0.15) is 11.6 Å². The van der Waals surface area contributed by atoms with Crippen molar-refractivity contribution in [2.24, 2.45) is 5.92 Å². The fraction of sp³-hybridized carbons (Fsp3) is 0.514. The lowest BCUT2D eigenvalue weighted by atomic mass is 9.93. The van der Waals surface area contributed by atoms with Gasteiger partial charge in [0.15, 0.2) is 0 Å². The van der Waals surface area contributed by atoms with Crippen molar-refractivity contribution in [3.63, 3.8) is 0 Å². The predicted molar refractivity (Wildman–Crippen MR) is 180 cm³/mol. The number of piperidine rings is 1. The van der Waals surface area contributed by atoms with Crippen molar-refractivity contribution in [1.29, 1.82) is 0 Å². The van der Waals surface area contributed by atoms with Crippen LogP contribution in [0.3, 0.4) is 0 Å². The van der Waals surface area contributed by atoms with Crippen LogP contribution in [0.25, 0.3) is 10.1 Å². The average Bonchev–Trinajstić information content (AvgIpc) is 3.73. The molecule has 1 saturated carbocycles. The third kappa shape index (κ3) is 7.49. The molecule has 2 aliphatic heterocycles. The smallest absolute Gasteiger partial charge is 0.262 e. The first kappa shape index (κ1) is 31.1. The minimum Gasteiger partial charge on any atom is -0.354 e. The third-order valence-corrected chi connectivity index (χ3v) is 11.9. The average molecular weight is 633 g/mol. The molecule has 1 aromatic heterocycles. The van der Waals surface area contributed by atoms with Crippen LogP contribution in [0.15, 0.2) is 60.7 Å². The van der Waals surface area contributed by atoms with Crippen LogP contribution < -0.4 is 16.0 Å². The van der Waals surface area contributed by atoms with Gasteiger partial charge in [-0.25, -0.2) is 0 Å². The molecule has 1 aliphatic carbocycles. The van der Waals surface area contributed by atoms with Gasteiger partial charge in [-0.15, -0.1) is 11.3 Å². The van der Waals surface area contributed by atoms with Gasteiger partial charge in [0.05, 0.1) is 4.88 Å². The van der Waals surface area contributed by atoms with E-state index in [0.29, 0.717) is 36.6 Å². The number of rotatable bonds is 10. The quantitative estimate of drug-likeness (QED) is 0.279. The Balaban J connectivity index is 1.10. The van der Waals surface area contributed by atoms with E-state index >= 15 is 0 Å². The highest BCUT2D eigenvalue weighted by Crippen LogP contribution is 2.32. The molecule has 3 aromatic rings. The molecule has 3 aliphatic rings. The fourth-order valence-electron chi connectivity index (χ4n) is 7.06. The van der Waals surface area contributed by atoms with Gasteiger partial charge in [-0.05, 0) is 92.1 Å². The van der Waals surface area contributed by atoms with Gasteiger partial charge in [-0.3, -0.25) is 14.4 Å². The van der Waals surface area contributed by atoms with E-state index in [-0.39, 0.29) is 17.7 Å². The molecule has 1 atom stereocenters. The van der Waals surface area contributed by atoms with E-state index in [2.05, 4.69) is 32.6 Å². The molecule has 3 N–H and O–H groups in total. The lowest BCUT2D eigenvalue weighted by molar-refractivity contribution is -0.132. The van der Waals surface area contributed by atoms with Crippen LogP contribution >= 0.6 is 23.1 Å². The van der Waals surface area contributed by atoms with Gasteiger partial charge in [0, 0.05) is 23.7 Å². The molecule has 9 heteroatoms. The summed E-state index contributed by atoms with van der Waals surface area (Å²) < 4.78 is 1.04. The van der Waals surface area contributed by atoms with Crippen LogP contribution in [0.5, 0.6) is 0 Å². The Morgan fingerprint density at radius 1 is 0.909 bits per heavy atom. The molecule has 2 saturated heterocycles. The molecule has 234 valence electrons. The molecule has 0 radical (unpaired) electrons. The molecule has 3 amide bonds. The maximum Gasteiger partial charge on any atom is 0.262 e. The first-order valence-electron chi connectivity index (χ1n) is 16.2. The number of carbonyl (C=O) groups excluding carboxylic acids is 3. The van der Waals surface area contributed by atoms with E-state index in [0.717, 1.165) is 60.5 Å². The number of hydrogen-bond donors (Lipinski definition) is 3. The number of fused-ring (bicyclic) bond motifs is 1. The van der Waals surface area contributed by atoms with E-state index in [1.165, 1.54) is 35.7 Å². The fourth-order valence-corrected chi connectivity index (χ4v) is 9.10. The highest BCUT2D eigenvalue weighted by atomic mass is 32.2. The predicted octanol–water partition coefficient (Wildman–Crippen LogP) is 5.40. The molecular weight excluding hydrogens is 589 g/mol. The van der Waals surface area contributed by atoms with Gasteiger partial charge >= 0.3 is 0 Å². The van der Waals surface area contributed by atoms with Crippen molar-refractivity contribution in [1.82, 2.24) is 20.9 Å². The highest BCUT2D eigenvalue weighted by Gasteiger charge is 2.44. The van der Waals surface area contributed by atoms with Crippen LogP contribution in [0, 0.1) is 5.92 Å². The van der Waals surface area contributed by atoms with E-state index in [4.69, 9.17) is 0 Å². The molecule has 3 heterocycles. The molecule has 2 aromatic carbocycles. The van der Waals surface area contributed by atoms with Crippen molar-refractivity contribution in [3.8, 4) is 0 Å². The van der Waals surface area contributed by atoms with Gasteiger partial charge < -0.3 is 20.9 Å². The second-order valence-corrected chi connectivity index (χ2v) is 15.0. The Morgan fingerprint density at radius 2 is 1.61 bits per heavy atom. The van der Waals surface area contributed by atoms with Gasteiger partial charge in [-0.1, -0.05) is 61.4 Å². The molecule has 0 bridgehead atoms. The number of benzene rings is 2. The first-order chi connectivity index (χ1) is 21.5. The summed E-state index contributed by atoms with van der Waals surface area (Å²) in [5, 5.41) is 10.4.